The van der Waals surface area contributed by atoms with Crippen LogP contribution in [0.15, 0.2) is 30.6 Å². The van der Waals surface area contributed by atoms with Crippen LogP contribution < -0.4 is 9.80 Å². The monoisotopic (exact) mass is 546 g/mol. The maximum absolute atomic E-state index is 13.7. The maximum atomic E-state index is 13.7. The van der Waals surface area contributed by atoms with Gasteiger partial charge in [0, 0.05) is 37.8 Å². The summed E-state index contributed by atoms with van der Waals surface area (Å²) in [5.74, 6) is -0.0547. The molecule has 2 fully saturated rings. The van der Waals surface area contributed by atoms with Crippen LogP contribution in [0.1, 0.15) is 78.1 Å². The van der Waals surface area contributed by atoms with Gasteiger partial charge in [-0.3, -0.25) is 19.3 Å². The number of aromatic nitrogens is 2. The molecular weight excluding hydrogens is 504 g/mol. The molecule has 9 nitrogen and oxygen atoms in total. The molecule has 1 aliphatic carbocycles. The topological polar surface area (TPSA) is 94.7 Å². The summed E-state index contributed by atoms with van der Waals surface area (Å²) in [6.07, 6.45) is 14.6. The normalized spacial score (nSPS) is 22.6. The molecule has 1 saturated heterocycles. The Balaban J connectivity index is 1.35. The highest BCUT2D eigenvalue weighted by molar-refractivity contribution is 6.03. The van der Waals surface area contributed by atoms with Crippen LogP contribution in [0, 0.1) is 11.3 Å². The molecule has 214 valence electrons. The number of aryl methyl sites for hydroxylation is 1. The number of likely N-dealkylation sites (tertiary alicyclic amines) is 1. The van der Waals surface area contributed by atoms with E-state index in [1.54, 1.807) is 27.6 Å². The first-order chi connectivity index (χ1) is 19.4. The summed E-state index contributed by atoms with van der Waals surface area (Å²) in [5, 5.41) is 13.3. The van der Waals surface area contributed by atoms with E-state index in [4.69, 9.17) is 10.00 Å². The van der Waals surface area contributed by atoms with Gasteiger partial charge in [-0.05, 0) is 56.8 Å². The smallest absolute Gasteiger partial charge is 0.414 e. The van der Waals surface area contributed by atoms with Crippen LogP contribution in [0.25, 0.3) is 11.1 Å². The van der Waals surface area contributed by atoms with Crippen molar-refractivity contribution >= 4 is 23.4 Å². The van der Waals surface area contributed by atoms with E-state index in [1.165, 1.54) is 44.9 Å². The summed E-state index contributed by atoms with van der Waals surface area (Å²) < 4.78 is 7.95. The van der Waals surface area contributed by atoms with Gasteiger partial charge in [0.2, 0.25) is 5.91 Å². The van der Waals surface area contributed by atoms with E-state index < -0.39 is 0 Å². The first-order valence-electron chi connectivity index (χ1n) is 15.0. The zero-order valence-electron chi connectivity index (χ0n) is 23.9. The fourth-order valence-corrected chi connectivity index (χ4v) is 6.66. The molecule has 40 heavy (non-hydrogen) atoms. The van der Waals surface area contributed by atoms with E-state index in [0.717, 1.165) is 37.1 Å². The van der Waals surface area contributed by atoms with Crippen molar-refractivity contribution < 1.29 is 14.3 Å². The number of piperidine rings is 1. The van der Waals surface area contributed by atoms with E-state index >= 15 is 0 Å². The molecule has 9 heteroatoms. The van der Waals surface area contributed by atoms with Crippen molar-refractivity contribution in [1.82, 2.24) is 14.7 Å². The van der Waals surface area contributed by atoms with Crippen LogP contribution in [0.5, 0.6) is 0 Å². The lowest BCUT2D eigenvalue weighted by Crippen LogP contribution is -2.53. The number of amides is 2. The summed E-state index contributed by atoms with van der Waals surface area (Å²) >= 11 is 0. The third kappa shape index (κ3) is 6.33. The van der Waals surface area contributed by atoms with Crippen molar-refractivity contribution in [3.8, 4) is 17.2 Å². The first kappa shape index (κ1) is 28.2. The number of fused-ring (bicyclic) bond motifs is 1. The highest BCUT2D eigenvalue weighted by Crippen LogP contribution is 2.39. The Hall–Kier alpha value is -3.38. The Bertz CT molecular complexity index is 1230. The fourth-order valence-electron chi connectivity index (χ4n) is 6.66. The highest BCUT2D eigenvalue weighted by atomic mass is 16.6. The van der Waals surface area contributed by atoms with Gasteiger partial charge in [0.1, 0.15) is 6.10 Å². The number of anilines is 2. The number of hydrogen-bond acceptors (Lipinski definition) is 6. The Morgan fingerprint density at radius 1 is 1.02 bits per heavy atom. The summed E-state index contributed by atoms with van der Waals surface area (Å²) in [7, 11) is 0. The van der Waals surface area contributed by atoms with E-state index in [0.29, 0.717) is 36.9 Å². The number of rotatable bonds is 5. The average Bonchev–Trinajstić information content (AvgIpc) is 3.40. The van der Waals surface area contributed by atoms with Gasteiger partial charge in [0.25, 0.3) is 0 Å². The van der Waals surface area contributed by atoms with Crippen LogP contribution in [-0.2, 0) is 16.1 Å². The average molecular weight is 547 g/mol. The molecule has 2 atom stereocenters. The number of carbonyl (C=O) groups is 2. The minimum atomic E-state index is -0.345. The molecule has 5 rings (SSSR count). The molecule has 0 bridgehead atoms. The SMILES string of the molecule is CC(=O)N1c2ccc(-c3cnn(CCC#N)c3)cc2N(C(=O)OC2CCCN(C3CCCCCCC3)C2)C[C@@H]1C. The van der Waals surface area contributed by atoms with Crippen LogP contribution in [-0.4, -0.2) is 64.5 Å². The minimum absolute atomic E-state index is 0.0547. The van der Waals surface area contributed by atoms with Gasteiger partial charge in [-0.15, -0.1) is 0 Å². The first-order valence-corrected chi connectivity index (χ1v) is 15.0. The zero-order chi connectivity index (χ0) is 28.1. The maximum Gasteiger partial charge on any atom is 0.414 e. The predicted octanol–water partition coefficient (Wildman–Crippen LogP) is 5.74. The van der Waals surface area contributed by atoms with Crippen molar-refractivity contribution in [3.63, 3.8) is 0 Å². The molecule has 0 radical (unpaired) electrons. The molecule has 0 spiro atoms. The Morgan fingerprint density at radius 3 is 2.55 bits per heavy atom. The molecule has 2 aromatic rings. The number of ether oxygens (including phenoxy) is 1. The van der Waals surface area contributed by atoms with Gasteiger partial charge >= 0.3 is 6.09 Å². The van der Waals surface area contributed by atoms with Crippen molar-refractivity contribution in [2.24, 2.45) is 0 Å². The van der Waals surface area contributed by atoms with Gasteiger partial charge in [-0.2, -0.15) is 10.4 Å². The van der Waals surface area contributed by atoms with Crippen molar-refractivity contribution in [3.05, 3.63) is 30.6 Å². The van der Waals surface area contributed by atoms with Crippen LogP contribution in [0.4, 0.5) is 16.2 Å². The van der Waals surface area contributed by atoms with Gasteiger partial charge in [0.15, 0.2) is 0 Å². The Morgan fingerprint density at radius 2 is 1.80 bits per heavy atom. The van der Waals surface area contributed by atoms with Crippen LogP contribution >= 0.6 is 0 Å². The second-order valence-electron chi connectivity index (χ2n) is 11.6. The Kier molecular flexibility index (Phi) is 9.05. The van der Waals surface area contributed by atoms with Gasteiger partial charge in [-0.1, -0.05) is 38.2 Å². The zero-order valence-corrected chi connectivity index (χ0v) is 23.9. The molecule has 0 N–H and O–H groups in total. The molecular formula is C31H42N6O3. The van der Waals surface area contributed by atoms with Gasteiger partial charge in [-0.25, -0.2) is 4.79 Å². The second kappa shape index (κ2) is 12.9. The predicted molar refractivity (Wildman–Crippen MR) is 155 cm³/mol. The van der Waals surface area contributed by atoms with Gasteiger partial charge < -0.3 is 9.64 Å². The highest BCUT2D eigenvalue weighted by Gasteiger charge is 2.36. The van der Waals surface area contributed by atoms with E-state index in [1.807, 2.05) is 31.3 Å². The molecule has 2 amide bonds. The molecule has 3 heterocycles. The van der Waals surface area contributed by atoms with E-state index in [2.05, 4.69) is 16.1 Å². The summed E-state index contributed by atoms with van der Waals surface area (Å²) in [4.78, 5) is 32.4. The van der Waals surface area contributed by atoms with E-state index in [-0.39, 0.29) is 24.1 Å². The van der Waals surface area contributed by atoms with Crippen molar-refractivity contribution in [2.45, 2.75) is 103 Å². The van der Waals surface area contributed by atoms with E-state index in [9.17, 15) is 9.59 Å². The third-order valence-corrected chi connectivity index (χ3v) is 8.66. The molecule has 2 aliphatic heterocycles. The van der Waals surface area contributed by atoms with Crippen LogP contribution in [0.2, 0.25) is 0 Å². The lowest BCUT2D eigenvalue weighted by Gasteiger charge is -2.42. The molecule has 1 aromatic heterocycles. The van der Waals surface area contributed by atoms with Crippen LogP contribution in [0.3, 0.4) is 0 Å². The number of carbonyl (C=O) groups excluding carboxylic acids is 2. The largest absolute Gasteiger partial charge is 0.444 e. The third-order valence-electron chi connectivity index (χ3n) is 8.66. The number of nitriles is 1. The number of nitrogens with zero attached hydrogens (tertiary/aromatic N) is 6. The molecule has 1 saturated carbocycles. The van der Waals surface area contributed by atoms with Gasteiger partial charge in [0.05, 0.1) is 42.6 Å². The number of hydrogen-bond donors (Lipinski definition) is 0. The number of benzene rings is 1. The molecule has 3 aliphatic rings. The fraction of sp³-hybridized carbons (Fsp3) is 0.613. The Labute approximate surface area is 237 Å². The summed E-state index contributed by atoms with van der Waals surface area (Å²) in [6.45, 7) is 6.31. The second-order valence-corrected chi connectivity index (χ2v) is 11.6. The lowest BCUT2D eigenvalue weighted by molar-refractivity contribution is -0.117. The molecule has 1 aromatic carbocycles. The standard InChI is InChI=1S/C31H42N6O3/c1-23-20-36(31(39)40-28-12-8-16-34(22-28)27-10-6-4-3-5-7-11-27)30-18-25(13-14-29(30)37(23)24(2)38)26-19-33-35(21-26)17-9-15-32/h13-14,18-19,21,23,27-28H,3-12,16-17,20,22H2,1-2H3/t23-,28?/m0/s1. The van der Waals surface area contributed by atoms with Crippen molar-refractivity contribution in [2.75, 3.05) is 29.4 Å². The summed E-state index contributed by atoms with van der Waals surface area (Å²) in [6, 6.07) is 8.38. The summed E-state index contributed by atoms with van der Waals surface area (Å²) in [5.41, 5.74) is 3.17. The minimum Gasteiger partial charge on any atom is -0.444 e. The van der Waals surface area contributed by atoms with Crippen molar-refractivity contribution in [1.29, 1.82) is 5.26 Å². The quantitative estimate of drug-likeness (QED) is 0.475. The molecule has 1 unspecified atom stereocenters. The lowest BCUT2D eigenvalue weighted by atomic mass is 9.94.